The van der Waals surface area contributed by atoms with Gasteiger partial charge in [-0.15, -0.1) is 0 Å². The summed E-state index contributed by atoms with van der Waals surface area (Å²) in [5.41, 5.74) is 4.01. The topological polar surface area (TPSA) is 185 Å². The van der Waals surface area contributed by atoms with Gasteiger partial charge in [-0.05, 0) is 105 Å². The maximum Gasteiger partial charge on any atom is 0.341 e. The van der Waals surface area contributed by atoms with Crippen LogP contribution in [0.3, 0.4) is 0 Å². The lowest BCUT2D eigenvalue weighted by atomic mass is 9.97. The molecule has 6 rings (SSSR count). The number of aromatic nitrogens is 1. The summed E-state index contributed by atoms with van der Waals surface area (Å²) >= 11 is 12.4. The van der Waals surface area contributed by atoms with Crippen LogP contribution >= 0.6 is 23.2 Å². The Morgan fingerprint density at radius 2 is 1.05 bits per heavy atom. The molecule has 0 aliphatic carbocycles. The van der Waals surface area contributed by atoms with E-state index in [4.69, 9.17) is 42.1 Å². The summed E-state index contributed by atoms with van der Waals surface area (Å²) in [4.78, 5) is 28.5. The number of phenolic OH excluding ortho intramolecular Hbond substituents is 5. The summed E-state index contributed by atoms with van der Waals surface area (Å²) in [6.45, 7) is 3.96. The quantitative estimate of drug-likeness (QED) is 0.0736. The van der Waals surface area contributed by atoms with Crippen molar-refractivity contribution in [3.05, 3.63) is 152 Å². The number of phenols is 5. The highest BCUT2D eigenvalue weighted by Gasteiger charge is 2.25. The van der Waals surface area contributed by atoms with Crippen molar-refractivity contribution in [1.29, 1.82) is 0 Å². The number of esters is 2. The average molecular weight is 843 g/mol. The summed E-state index contributed by atoms with van der Waals surface area (Å²) in [6, 6.07) is 25.5. The Balaban J connectivity index is 0.000000224. The van der Waals surface area contributed by atoms with Gasteiger partial charge in [-0.3, -0.25) is 0 Å². The molecular weight excluding hydrogens is 801 g/mol. The lowest BCUT2D eigenvalue weighted by Gasteiger charge is -2.15. The van der Waals surface area contributed by atoms with Crippen LogP contribution in [-0.2, 0) is 35.2 Å². The smallest absolute Gasteiger partial charge is 0.341 e. The lowest BCUT2D eigenvalue weighted by molar-refractivity contribution is 0.0586. The Kier molecular flexibility index (Phi) is 14.5. The first-order chi connectivity index (χ1) is 28.2. The van der Waals surface area contributed by atoms with E-state index < -0.39 is 23.4 Å². The molecule has 0 radical (unpaired) electrons. The predicted octanol–water partition coefficient (Wildman–Crippen LogP) is 9.95. The highest BCUT2D eigenvalue weighted by molar-refractivity contribution is 6.33. The summed E-state index contributed by atoms with van der Waals surface area (Å²) in [5, 5.41) is 50.0. The van der Waals surface area contributed by atoms with Crippen molar-refractivity contribution in [2.24, 2.45) is 0 Å². The fourth-order valence-electron chi connectivity index (χ4n) is 6.03. The summed E-state index contributed by atoms with van der Waals surface area (Å²) in [6.07, 6.45) is 2.77. The van der Waals surface area contributed by atoms with Crippen LogP contribution in [0.5, 0.6) is 51.9 Å². The molecule has 5 aromatic carbocycles. The van der Waals surface area contributed by atoms with Gasteiger partial charge in [0.15, 0.2) is 0 Å². The zero-order valence-corrected chi connectivity index (χ0v) is 34.0. The molecule has 12 nitrogen and oxygen atoms in total. The Morgan fingerprint density at radius 1 is 0.576 bits per heavy atom. The van der Waals surface area contributed by atoms with Crippen LogP contribution in [0.4, 0.5) is 0 Å². The minimum Gasteiger partial charge on any atom is -0.508 e. The van der Waals surface area contributed by atoms with Gasteiger partial charge in [-0.25, -0.2) is 14.6 Å². The molecule has 0 bridgehead atoms. The molecule has 0 spiro atoms. The van der Waals surface area contributed by atoms with Crippen LogP contribution in [-0.4, -0.2) is 56.7 Å². The second-order valence-corrected chi connectivity index (χ2v) is 14.0. The van der Waals surface area contributed by atoms with Crippen molar-refractivity contribution in [3.63, 3.8) is 0 Å². The number of aryl methyl sites for hydroxylation is 4. The molecule has 1 aromatic heterocycles. The standard InChI is InChI=1S/C23H21ClO6.C22H20ClNO5/c1-13-3-7-16(8-4-13)30-20-10-6-15(25)11-14(20)5-9-17-21(23(28)29-2)18(26)12-19(27)22(17)24;1-13-5-8-15(9-6-13)29-21-14(4-3-11-24-21)7-10-16-19(22(27)28-2)17(25)12-18(26)20(16)23/h3-4,6-8,10-12,25-27H,5,9H2,1-2H3;3-6,8-9,11-12,25-26H,7,10H2,1-2H3. The number of carbonyl (C=O) groups excluding carboxylic acids is 2. The number of benzene rings is 5. The number of nitrogens with zero attached hydrogens (tertiary/aromatic N) is 1. The van der Waals surface area contributed by atoms with Gasteiger partial charge in [0.1, 0.15) is 57.1 Å². The number of halogens is 2. The largest absolute Gasteiger partial charge is 0.508 e. The van der Waals surface area contributed by atoms with Crippen molar-refractivity contribution in [1.82, 2.24) is 4.98 Å². The molecule has 14 heteroatoms. The van der Waals surface area contributed by atoms with E-state index in [9.17, 15) is 35.1 Å². The number of hydrogen-bond acceptors (Lipinski definition) is 12. The van der Waals surface area contributed by atoms with Gasteiger partial charge in [0.05, 0.1) is 24.3 Å². The number of hydrogen-bond donors (Lipinski definition) is 5. The van der Waals surface area contributed by atoms with Crippen LogP contribution in [0.1, 0.15) is 54.1 Å². The van der Waals surface area contributed by atoms with Crippen molar-refractivity contribution < 1.29 is 54.1 Å². The molecule has 1 heterocycles. The fraction of sp³-hybridized carbons (Fsp3) is 0.178. The highest BCUT2D eigenvalue weighted by atomic mass is 35.5. The number of rotatable bonds is 12. The van der Waals surface area contributed by atoms with Gasteiger partial charge in [0.25, 0.3) is 0 Å². The number of ether oxygens (including phenoxy) is 4. The molecular formula is C45H41Cl2NO11. The van der Waals surface area contributed by atoms with Crippen molar-refractivity contribution in [2.45, 2.75) is 39.5 Å². The van der Waals surface area contributed by atoms with E-state index >= 15 is 0 Å². The predicted molar refractivity (Wildman–Crippen MR) is 222 cm³/mol. The fourth-order valence-corrected chi connectivity index (χ4v) is 6.52. The van der Waals surface area contributed by atoms with Gasteiger partial charge in [-0.1, -0.05) is 64.7 Å². The third-order valence-corrected chi connectivity index (χ3v) is 9.93. The normalized spacial score (nSPS) is 10.6. The van der Waals surface area contributed by atoms with E-state index in [0.29, 0.717) is 47.1 Å². The number of aromatic hydroxyl groups is 5. The minimum absolute atomic E-state index is 0.00640. The average Bonchev–Trinajstić information content (AvgIpc) is 3.22. The summed E-state index contributed by atoms with van der Waals surface area (Å²) in [5.74, 6) is -0.680. The number of carbonyl (C=O) groups is 2. The highest BCUT2D eigenvalue weighted by Crippen LogP contribution is 2.40. The SMILES string of the molecule is COC(=O)c1c(O)cc(O)c(Cl)c1CCc1cc(O)ccc1Oc1ccc(C)cc1.COC(=O)c1c(O)cc(O)c(Cl)c1CCc1cccnc1Oc1ccc(C)cc1. The first-order valence-corrected chi connectivity index (χ1v) is 18.8. The molecule has 0 saturated heterocycles. The number of pyridine rings is 1. The van der Waals surface area contributed by atoms with Crippen LogP contribution in [0, 0.1) is 13.8 Å². The Morgan fingerprint density at radius 3 is 1.54 bits per heavy atom. The Bertz CT molecular complexity index is 2450. The van der Waals surface area contributed by atoms with Crippen LogP contribution in [0.15, 0.2) is 97.2 Å². The first-order valence-electron chi connectivity index (χ1n) is 18.1. The van der Waals surface area contributed by atoms with Gasteiger partial charge >= 0.3 is 11.9 Å². The van der Waals surface area contributed by atoms with Crippen molar-refractivity contribution in [3.8, 4) is 51.9 Å². The third-order valence-electron chi connectivity index (χ3n) is 9.09. The van der Waals surface area contributed by atoms with Crippen LogP contribution in [0.25, 0.3) is 0 Å². The zero-order chi connectivity index (χ0) is 42.8. The van der Waals surface area contributed by atoms with Crippen LogP contribution in [0.2, 0.25) is 10.0 Å². The zero-order valence-electron chi connectivity index (χ0n) is 32.5. The Hall–Kier alpha value is -6.63. The summed E-state index contributed by atoms with van der Waals surface area (Å²) < 4.78 is 21.3. The molecule has 306 valence electrons. The van der Waals surface area contributed by atoms with E-state index in [0.717, 1.165) is 28.8 Å². The van der Waals surface area contributed by atoms with E-state index in [-0.39, 0.29) is 56.8 Å². The molecule has 0 fully saturated rings. The van der Waals surface area contributed by atoms with Crippen LogP contribution < -0.4 is 9.47 Å². The van der Waals surface area contributed by atoms with E-state index in [1.54, 1.807) is 24.4 Å². The van der Waals surface area contributed by atoms with E-state index in [1.165, 1.54) is 20.3 Å². The molecule has 0 aliphatic heterocycles. The summed E-state index contributed by atoms with van der Waals surface area (Å²) in [7, 11) is 2.40. The Labute approximate surface area is 350 Å². The molecule has 5 N–H and O–H groups in total. The molecule has 0 aliphatic rings. The van der Waals surface area contributed by atoms with Gasteiger partial charge in [-0.2, -0.15) is 0 Å². The maximum absolute atomic E-state index is 12.1. The van der Waals surface area contributed by atoms with Gasteiger partial charge < -0.3 is 44.5 Å². The number of methoxy groups -OCH3 is 2. The molecule has 0 unspecified atom stereocenters. The second kappa shape index (κ2) is 19.7. The molecule has 59 heavy (non-hydrogen) atoms. The van der Waals surface area contributed by atoms with Gasteiger partial charge in [0.2, 0.25) is 5.88 Å². The van der Waals surface area contributed by atoms with E-state index in [1.807, 2.05) is 68.4 Å². The minimum atomic E-state index is -0.767. The van der Waals surface area contributed by atoms with Crippen molar-refractivity contribution in [2.75, 3.05) is 14.2 Å². The van der Waals surface area contributed by atoms with Crippen molar-refractivity contribution >= 4 is 35.1 Å². The molecule has 0 amide bonds. The van der Waals surface area contributed by atoms with E-state index in [2.05, 4.69) is 4.98 Å². The van der Waals surface area contributed by atoms with Gasteiger partial charge in [0, 0.05) is 23.9 Å². The molecule has 6 aromatic rings. The lowest BCUT2D eigenvalue weighted by Crippen LogP contribution is -2.08. The second-order valence-electron chi connectivity index (χ2n) is 13.2. The molecule has 0 saturated carbocycles. The first kappa shape index (κ1) is 43.5. The monoisotopic (exact) mass is 841 g/mol. The molecule has 0 atom stereocenters. The third kappa shape index (κ3) is 10.9. The maximum atomic E-state index is 12.1.